The molecule has 0 aliphatic carbocycles. The Morgan fingerprint density at radius 1 is 1.25 bits per heavy atom. The summed E-state index contributed by atoms with van der Waals surface area (Å²) in [5, 5.41) is 0.652. The Balaban J connectivity index is 2.09. The Hall–Kier alpha value is -1.58. The molecule has 0 fully saturated rings. The summed E-state index contributed by atoms with van der Waals surface area (Å²) in [6.07, 6.45) is 0.845. The summed E-state index contributed by atoms with van der Waals surface area (Å²) in [5.74, 6) is 0.566. The van der Waals surface area contributed by atoms with Crippen LogP contribution in [0.4, 0.5) is 4.39 Å². The fourth-order valence-electron chi connectivity index (χ4n) is 2.68. The second-order valence-corrected chi connectivity index (χ2v) is 5.50. The van der Waals surface area contributed by atoms with Gasteiger partial charge in [-0.25, -0.2) is 4.39 Å². The quantitative estimate of drug-likeness (QED) is 0.914. The molecule has 3 rings (SSSR count). The molecule has 2 aromatic rings. The van der Waals surface area contributed by atoms with Gasteiger partial charge in [0.2, 0.25) is 0 Å². The van der Waals surface area contributed by atoms with Crippen molar-refractivity contribution in [3.05, 3.63) is 63.4 Å². The van der Waals surface area contributed by atoms with Crippen molar-refractivity contribution in [2.45, 2.75) is 19.4 Å². The van der Waals surface area contributed by atoms with Gasteiger partial charge >= 0.3 is 0 Å². The van der Waals surface area contributed by atoms with Crippen molar-refractivity contribution in [2.24, 2.45) is 5.73 Å². The van der Waals surface area contributed by atoms with E-state index in [4.69, 9.17) is 22.1 Å². The van der Waals surface area contributed by atoms with Crippen LogP contribution in [0.5, 0.6) is 5.75 Å². The predicted octanol–water partition coefficient (Wildman–Crippen LogP) is 3.77. The van der Waals surface area contributed by atoms with Gasteiger partial charge in [-0.15, -0.1) is 0 Å². The molecule has 2 nitrogen and oxygen atoms in total. The minimum atomic E-state index is -0.374. The summed E-state index contributed by atoms with van der Waals surface area (Å²) in [6, 6.07) is 8.00. The van der Waals surface area contributed by atoms with E-state index in [-0.39, 0.29) is 11.9 Å². The van der Waals surface area contributed by atoms with E-state index in [1.165, 1.54) is 12.1 Å². The van der Waals surface area contributed by atoms with Crippen LogP contribution in [0, 0.1) is 12.7 Å². The monoisotopic (exact) mass is 291 g/mol. The first-order valence-corrected chi connectivity index (χ1v) is 6.91. The van der Waals surface area contributed by atoms with Crippen LogP contribution in [0.2, 0.25) is 5.02 Å². The van der Waals surface area contributed by atoms with E-state index in [1.807, 2.05) is 19.1 Å². The molecule has 0 saturated heterocycles. The average molecular weight is 292 g/mol. The normalized spacial score (nSPS) is 14.8. The maximum atomic E-state index is 13.2. The molecule has 2 N–H and O–H groups in total. The number of benzene rings is 2. The number of hydrogen-bond acceptors (Lipinski definition) is 2. The summed E-state index contributed by atoms with van der Waals surface area (Å²) in [5.41, 5.74) is 10.00. The maximum Gasteiger partial charge on any atom is 0.127 e. The van der Waals surface area contributed by atoms with Crippen molar-refractivity contribution in [2.75, 3.05) is 6.61 Å². The van der Waals surface area contributed by atoms with Gasteiger partial charge in [-0.2, -0.15) is 0 Å². The molecule has 104 valence electrons. The van der Waals surface area contributed by atoms with E-state index in [2.05, 4.69) is 0 Å². The maximum absolute atomic E-state index is 13.2. The smallest absolute Gasteiger partial charge is 0.127 e. The van der Waals surface area contributed by atoms with Crippen LogP contribution < -0.4 is 10.5 Å². The topological polar surface area (TPSA) is 35.2 Å². The number of ether oxygens (including phenoxy) is 1. The molecule has 1 heterocycles. The lowest BCUT2D eigenvalue weighted by Gasteiger charge is -2.18. The molecule has 1 aliphatic rings. The molecule has 1 unspecified atom stereocenters. The van der Waals surface area contributed by atoms with Crippen LogP contribution in [0.25, 0.3) is 0 Å². The van der Waals surface area contributed by atoms with Gasteiger partial charge in [0.05, 0.1) is 12.6 Å². The third-order valence-electron chi connectivity index (χ3n) is 3.68. The Labute approximate surface area is 122 Å². The minimum absolute atomic E-state index is 0.258. The highest BCUT2D eigenvalue weighted by atomic mass is 35.5. The average Bonchev–Trinajstić information content (AvgIpc) is 2.85. The van der Waals surface area contributed by atoms with E-state index >= 15 is 0 Å². The third-order valence-corrected chi connectivity index (χ3v) is 3.90. The summed E-state index contributed by atoms with van der Waals surface area (Å²) < 4.78 is 18.9. The largest absolute Gasteiger partial charge is 0.493 e. The zero-order chi connectivity index (χ0) is 14.3. The number of hydrogen-bond donors (Lipinski definition) is 1. The number of rotatable bonds is 2. The van der Waals surface area contributed by atoms with Crippen LogP contribution in [0.1, 0.15) is 28.3 Å². The Morgan fingerprint density at radius 2 is 2.05 bits per heavy atom. The lowest BCUT2D eigenvalue weighted by molar-refractivity contribution is 0.352. The molecule has 1 aliphatic heterocycles. The van der Waals surface area contributed by atoms with Crippen LogP contribution in [0.15, 0.2) is 30.3 Å². The van der Waals surface area contributed by atoms with E-state index < -0.39 is 0 Å². The summed E-state index contributed by atoms with van der Waals surface area (Å²) in [7, 11) is 0. The van der Waals surface area contributed by atoms with Gasteiger partial charge in [0, 0.05) is 17.0 Å². The Morgan fingerprint density at radius 3 is 2.80 bits per heavy atom. The first-order valence-electron chi connectivity index (χ1n) is 6.53. The van der Waals surface area contributed by atoms with E-state index in [0.29, 0.717) is 11.6 Å². The zero-order valence-electron chi connectivity index (χ0n) is 11.1. The van der Waals surface area contributed by atoms with E-state index in [9.17, 15) is 4.39 Å². The highest BCUT2D eigenvalue weighted by Gasteiger charge is 2.23. The van der Waals surface area contributed by atoms with Gasteiger partial charge in [0.25, 0.3) is 0 Å². The number of aryl methyl sites for hydroxylation is 1. The molecular weight excluding hydrogens is 277 g/mol. The minimum Gasteiger partial charge on any atom is -0.493 e. The van der Waals surface area contributed by atoms with Crippen molar-refractivity contribution in [3.63, 3.8) is 0 Å². The number of nitrogens with two attached hydrogens (primary N) is 1. The first-order chi connectivity index (χ1) is 9.56. The standard InChI is InChI=1S/C16H15ClFNO/c1-9-6-12(18)2-3-13(9)15(19)14-8-11(17)7-10-4-5-20-16(10)14/h2-3,6-8,15H,4-5,19H2,1H3. The molecule has 0 amide bonds. The van der Waals surface area contributed by atoms with Gasteiger partial charge in [0.15, 0.2) is 0 Å². The summed E-state index contributed by atoms with van der Waals surface area (Å²) in [4.78, 5) is 0. The molecule has 0 spiro atoms. The first kappa shape index (κ1) is 13.4. The molecule has 0 bridgehead atoms. The van der Waals surface area contributed by atoms with Gasteiger partial charge in [-0.1, -0.05) is 17.7 Å². The summed E-state index contributed by atoms with van der Waals surface area (Å²) >= 11 is 6.15. The number of fused-ring (bicyclic) bond motifs is 1. The fourth-order valence-corrected chi connectivity index (χ4v) is 2.93. The van der Waals surface area contributed by atoms with Crippen molar-refractivity contribution in [1.82, 2.24) is 0 Å². The zero-order valence-corrected chi connectivity index (χ0v) is 11.9. The van der Waals surface area contributed by atoms with Crippen molar-refractivity contribution in [3.8, 4) is 5.75 Å². The van der Waals surface area contributed by atoms with Gasteiger partial charge in [-0.3, -0.25) is 0 Å². The molecule has 2 aromatic carbocycles. The second-order valence-electron chi connectivity index (χ2n) is 5.06. The lowest BCUT2D eigenvalue weighted by Crippen LogP contribution is -2.14. The van der Waals surface area contributed by atoms with Gasteiger partial charge in [-0.05, 0) is 47.9 Å². The Bertz CT molecular complexity index is 672. The molecule has 0 aromatic heterocycles. The van der Waals surface area contributed by atoms with E-state index in [1.54, 1.807) is 6.07 Å². The highest BCUT2D eigenvalue weighted by Crippen LogP contribution is 2.38. The molecular formula is C16H15ClFNO. The second kappa shape index (κ2) is 5.08. The van der Waals surface area contributed by atoms with Gasteiger partial charge in [0.1, 0.15) is 11.6 Å². The van der Waals surface area contributed by atoms with Crippen LogP contribution in [0.3, 0.4) is 0 Å². The molecule has 1 atom stereocenters. The van der Waals surface area contributed by atoms with Crippen LogP contribution in [-0.4, -0.2) is 6.61 Å². The van der Waals surface area contributed by atoms with Crippen LogP contribution >= 0.6 is 11.6 Å². The molecule has 20 heavy (non-hydrogen) atoms. The Kier molecular flexibility index (Phi) is 3.40. The molecule has 0 saturated carbocycles. The predicted molar refractivity (Wildman–Crippen MR) is 77.8 cm³/mol. The van der Waals surface area contributed by atoms with Crippen molar-refractivity contribution >= 4 is 11.6 Å². The van der Waals surface area contributed by atoms with Crippen molar-refractivity contribution < 1.29 is 9.13 Å². The van der Waals surface area contributed by atoms with E-state index in [0.717, 1.165) is 34.4 Å². The summed E-state index contributed by atoms with van der Waals surface area (Å²) in [6.45, 7) is 2.50. The molecule has 0 radical (unpaired) electrons. The fraction of sp³-hybridized carbons (Fsp3) is 0.250. The molecule has 4 heteroatoms. The number of halogens is 2. The third kappa shape index (κ3) is 2.28. The lowest BCUT2D eigenvalue weighted by atomic mass is 9.93. The van der Waals surface area contributed by atoms with Crippen molar-refractivity contribution in [1.29, 1.82) is 0 Å². The van der Waals surface area contributed by atoms with Gasteiger partial charge < -0.3 is 10.5 Å². The highest BCUT2D eigenvalue weighted by molar-refractivity contribution is 6.30. The SMILES string of the molecule is Cc1cc(F)ccc1C(N)c1cc(Cl)cc2c1OCC2. The van der Waals surface area contributed by atoms with Crippen LogP contribution in [-0.2, 0) is 6.42 Å².